The van der Waals surface area contributed by atoms with Crippen molar-refractivity contribution in [3.8, 4) is 11.5 Å². The number of hydrogen-bond acceptors (Lipinski definition) is 7. The fraction of sp³-hybridized carbons (Fsp3) is 0.400. The molecule has 2 heterocycles. The van der Waals surface area contributed by atoms with Crippen LogP contribution in [-0.2, 0) is 9.59 Å². The van der Waals surface area contributed by atoms with Crippen molar-refractivity contribution in [1.29, 1.82) is 0 Å². The predicted octanol–water partition coefficient (Wildman–Crippen LogP) is 1.95. The number of carbonyl (C=O) groups excluding carboxylic acids is 2. The smallest absolute Gasteiger partial charge is 0.277 e. The first-order chi connectivity index (χ1) is 11.0. The Morgan fingerprint density at radius 1 is 1.26 bits per heavy atom. The van der Waals surface area contributed by atoms with Crippen LogP contribution < -0.4 is 5.32 Å². The van der Waals surface area contributed by atoms with Gasteiger partial charge in [0.15, 0.2) is 5.78 Å². The minimum absolute atomic E-state index is 0.0446. The minimum atomic E-state index is -0.474. The molecule has 1 amide bonds. The standard InChI is InChI=1S/C15H18N4O3S/c1-9(2)13(10(3)20)17-12(21)8-23-15-19-18-14(22-15)11-4-6-16-7-5-11/h4-7,9,13H,8H2,1-3H3,(H,17,21). The van der Waals surface area contributed by atoms with Crippen molar-refractivity contribution < 1.29 is 14.0 Å². The maximum atomic E-state index is 11.9. The fourth-order valence-corrected chi connectivity index (χ4v) is 2.53. The number of aromatic nitrogens is 3. The molecule has 1 atom stereocenters. The lowest BCUT2D eigenvalue weighted by Gasteiger charge is -2.18. The molecule has 122 valence electrons. The number of carbonyl (C=O) groups is 2. The number of nitrogens with one attached hydrogen (secondary N) is 1. The van der Waals surface area contributed by atoms with E-state index in [1.54, 1.807) is 24.5 Å². The summed E-state index contributed by atoms with van der Waals surface area (Å²) >= 11 is 1.13. The molecule has 0 aliphatic carbocycles. The van der Waals surface area contributed by atoms with Gasteiger partial charge >= 0.3 is 0 Å². The van der Waals surface area contributed by atoms with E-state index in [-0.39, 0.29) is 23.4 Å². The van der Waals surface area contributed by atoms with Crippen molar-refractivity contribution in [3.63, 3.8) is 0 Å². The van der Waals surface area contributed by atoms with Crippen LogP contribution in [0.15, 0.2) is 34.2 Å². The molecule has 0 aromatic carbocycles. The van der Waals surface area contributed by atoms with E-state index in [0.717, 1.165) is 17.3 Å². The molecule has 0 saturated carbocycles. The van der Waals surface area contributed by atoms with Crippen LogP contribution in [0.2, 0.25) is 0 Å². The predicted molar refractivity (Wildman–Crippen MR) is 85.7 cm³/mol. The van der Waals surface area contributed by atoms with Crippen molar-refractivity contribution in [1.82, 2.24) is 20.5 Å². The average Bonchev–Trinajstić information content (AvgIpc) is 3.00. The Labute approximate surface area is 138 Å². The van der Waals surface area contributed by atoms with E-state index in [2.05, 4.69) is 20.5 Å². The third-order valence-corrected chi connectivity index (χ3v) is 3.90. The van der Waals surface area contributed by atoms with Crippen molar-refractivity contribution in [2.75, 3.05) is 5.75 Å². The van der Waals surface area contributed by atoms with Gasteiger partial charge in [-0.1, -0.05) is 25.6 Å². The molecule has 0 aliphatic heterocycles. The molecule has 1 unspecified atom stereocenters. The number of hydrogen-bond donors (Lipinski definition) is 1. The van der Waals surface area contributed by atoms with Gasteiger partial charge in [-0.2, -0.15) is 0 Å². The molecule has 1 N–H and O–H groups in total. The van der Waals surface area contributed by atoms with E-state index in [0.29, 0.717) is 11.1 Å². The SMILES string of the molecule is CC(=O)C(NC(=O)CSc1nnc(-c2ccncc2)o1)C(C)C. The van der Waals surface area contributed by atoms with Crippen LogP contribution in [-0.4, -0.2) is 38.7 Å². The van der Waals surface area contributed by atoms with Gasteiger partial charge in [-0.25, -0.2) is 0 Å². The summed E-state index contributed by atoms with van der Waals surface area (Å²) in [5.41, 5.74) is 0.764. The van der Waals surface area contributed by atoms with Gasteiger partial charge in [0.05, 0.1) is 11.8 Å². The minimum Gasteiger partial charge on any atom is -0.411 e. The van der Waals surface area contributed by atoms with Gasteiger partial charge in [-0.15, -0.1) is 10.2 Å². The van der Waals surface area contributed by atoms with Crippen LogP contribution in [0.25, 0.3) is 11.5 Å². The lowest BCUT2D eigenvalue weighted by atomic mass is 10.0. The maximum Gasteiger partial charge on any atom is 0.277 e. The van der Waals surface area contributed by atoms with E-state index < -0.39 is 6.04 Å². The average molecular weight is 334 g/mol. The summed E-state index contributed by atoms with van der Waals surface area (Å²) in [6.07, 6.45) is 3.27. The first-order valence-corrected chi connectivity index (χ1v) is 8.12. The number of Topliss-reactive ketones (excluding diaryl/α,β-unsaturated/α-hetero) is 1. The van der Waals surface area contributed by atoms with Crippen molar-refractivity contribution in [2.24, 2.45) is 5.92 Å². The Morgan fingerprint density at radius 2 is 1.96 bits per heavy atom. The molecule has 2 rings (SSSR count). The Hall–Kier alpha value is -2.22. The first-order valence-electron chi connectivity index (χ1n) is 7.14. The normalized spacial score (nSPS) is 12.2. The highest BCUT2D eigenvalue weighted by atomic mass is 32.2. The number of amides is 1. The van der Waals surface area contributed by atoms with Gasteiger partial charge < -0.3 is 9.73 Å². The van der Waals surface area contributed by atoms with E-state index >= 15 is 0 Å². The molecule has 0 bridgehead atoms. The summed E-state index contributed by atoms with van der Waals surface area (Å²) < 4.78 is 5.49. The number of ketones is 1. The summed E-state index contributed by atoms with van der Waals surface area (Å²) in [5.74, 6) is 0.222. The summed E-state index contributed by atoms with van der Waals surface area (Å²) in [6, 6.07) is 3.04. The van der Waals surface area contributed by atoms with Crippen LogP contribution in [0, 0.1) is 5.92 Å². The molecule has 0 aliphatic rings. The molecule has 0 saturated heterocycles. The monoisotopic (exact) mass is 334 g/mol. The molecule has 0 fully saturated rings. The summed E-state index contributed by atoms with van der Waals surface area (Å²) in [4.78, 5) is 27.3. The lowest BCUT2D eigenvalue weighted by molar-refractivity contribution is -0.126. The first kappa shape index (κ1) is 17.1. The highest BCUT2D eigenvalue weighted by molar-refractivity contribution is 7.99. The van der Waals surface area contributed by atoms with Gasteiger partial charge in [0.25, 0.3) is 5.22 Å². The Morgan fingerprint density at radius 3 is 2.57 bits per heavy atom. The third-order valence-electron chi connectivity index (χ3n) is 3.08. The van der Waals surface area contributed by atoms with Crippen LogP contribution >= 0.6 is 11.8 Å². The van der Waals surface area contributed by atoms with E-state index in [9.17, 15) is 9.59 Å². The molecule has 2 aromatic rings. The second-order valence-electron chi connectivity index (χ2n) is 5.30. The molecule has 0 radical (unpaired) electrons. The molecule has 0 spiro atoms. The van der Waals surface area contributed by atoms with Crippen LogP contribution in [0.1, 0.15) is 20.8 Å². The van der Waals surface area contributed by atoms with Crippen molar-refractivity contribution in [3.05, 3.63) is 24.5 Å². The second-order valence-corrected chi connectivity index (χ2v) is 6.22. The van der Waals surface area contributed by atoms with Crippen LogP contribution in [0.4, 0.5) is 0 Å². The Kier molecular flexibility index (Phi) is 5.86. The lowest BCUT2D eigenvalue weighted by Crippen LogP contribution is -2.44. The number of thioether (sulfide) groups is 1. The van der Waals surface area contributed by atoms with E-state index in [1.165, 1.54) is 6.92 Å². The Bertz CT molecular complexity index is 672. The highest BCUT2D eigenvalue weighted by Gasteiger charge is 2.21. The summed E-state index contributed by atoms with van der Waals surface area (Å²) in [6.45, 7) is 5.24. The summed E-state index contributed by atoms with van der Waals surface area (Å²) in [7, 11) is 0. The topological polar surface area (TPSA) is 98.0 Å². The summed E-state index contributed by atoms with van der Waals surface area (Å²) in [5, 5.41) is 10.8. The molecular weight excluding hydrogens is 316 g/mol. The Balaban J connectivity index is 1.90. The van der Waals surface area contributed by atoms with Crippen LogP contribution in [0.5, 0.6) is 0 Å². The number of nitrogens with zero attached hydrogens (tertiary/aromatic N) is 3. The molecule has 7 nitrogen and oxygen atoms in total. The second kappa shape index (κ2) is 7.87. The van der Waals surface area contributed by atoms with Crippen LogP contribution in [0.3, 0.4) is 0 Å². The molecule has 8 heteroatoms. The zero-order chi connectivity index (χ0) is 16.8. The van der Waals surface area contributed by atoms with Gasteiger partial charge in [-0.3, -0.25) is 14.6 Å². The third kappa shape index (κ3) is 4.88. The van der Waals surface area contributed by atoms with Gasteiger partial charge in [0, 0.05) is 18.0 Å². The largest absolute Gasteiger partial charge is 0.411 e. The van der Waals surface area contributed by atoms with E-state index in [1.807, 2.05) is 13.8 Å². The molecular formula is C15H18N4O3S. The zero-order valence-corrected chi connectivity index (χ0v) is 14.0. The van der Waals surface area contributed by atoms with Gasteiger partial charge in [0.2, 0.25) is 11.8 Å². The maximum absolute atomic E-state index is 11.9. The van der Waals surface area contributed by atoms with Gasteiger partial charge in [-0.05, 0) is 25.0 Å². The number of pyridine rings is 1. The fourth-order valence-electron chi connectivity index (χ4n) is 1.96. The van der Waals surface area contributed by atoms with Crippen molar-refractivity contribution in [2.45, 2.75) is 32.0 Å². The highest BCUT2D eigenvalue weighted by Crippen LogP contribution is 2.22. The molecule has 23 heavy (non-hydrogen) atoms. The van der Waals surface area contributed by atoms with E-state index in [4.69, 9.17) is 4.42 Å². The zero-order valence-electron chi connectivity index (χ0n) is 13.1. The molecule has 2 aromatic heterocycles. The quantitative estimate of drug-likeness (QED) is 0.773. The van der Waals surface area contributed by atoms with Crippen molar-refractivity contribution >= 4 is 23.5 Å². The number of rotatable bonds is 7. The van der Waals surface area contributed by atoms with Gasteiger partial charge in [0.1, 0.15) is 0 Å².